The van der Waals surface area contributed by atoms with Gasteiger partial charge in [-0.05, 0) is 38.8 Å². The van der Waals surface area contributed by atoms with Gasteiger partial charge in [-0.25, -0.2) is 8.42 Å². The Hall–Kier alpha value is -1.07. The molecule has 5 heteroatoms. The molecular weight excluding hydrogens is 272 g/mol. The van der Waals surface area contributed by atoms with Crippen LogP contribution in [0.15, 0.2) is 29.2 Å². The van der Waals surface area contributed by atoms with Crippen molar-refractivity contribution in [2.45, 2.75) is 51.5 Å². The zero-order valence-electron chi connectivity index (χ0n) is 12.9. The molecule has 0 aliphatic heterocycles. The normalized spacial score (nSPS) is 12.1. The van der Waals surface area contributed by atoms with E-state index >= 15 is 0 Å². The first kappa shape index (κ1) is 17.0. The quantitative estimate of drug-likeness (QED) is 0.801. The fourth-order valence-corrected chi connectivity index (χ4v) is 4.00. The minimum atomic E-state index is -3.45. The van der Waals surface area contributed by atoms with Crippen LogP contribution in [0.2, 0.25) is 0 Å². The van der Waals surface area contributed by atoms with Crippen LogP contribution in [0.5, 0.6) is 0 Å². The van der Waals surface area contributed by atoms with Crippen molar-refractivity contribution >= 4 is 15.7 Å². The second-order valence-corrected chi connectivity index (χ2v) is 6.99. The Labute approximate surface area is 123 Å². The Bertz CT molecular complexity index is 512. The third-order valence-corrected chi connectivity index (χ3v) is 5.19. The molecule has 0 aromatic heterocycles. The third-order valence-electron chi connectivity index (χ3n) is 3.06. The second kappa shape index (κ2) is 7.64. The van der Waals surface area contributed by atoms with Gasteiger partial charge in [0.1, 0.15) is 4.90 Å². The molecule has 1 aromatic rings. The highest BCUT2D eigenvalue weighted by Gasteiger charge is 2.28. The molecule has 0 saturated heterocycles. The molecule has 0 spiro atoms. The zero-order chi connectivity index (χ0) is 15.2. The van der Waals surface area contributed by atoms with Crippen LogP contribution < -0.4 is 5.32 Å². The number of anilines is 1. The lowest BCUT2D eigenvalue weighted by Gasteiger charge is -2.26. The van der Waals surface area contributed by atoms with Crippen LogP contribution in [-0.2, 0) is 10.0 Å². The lowest BCUT2D eigenvalue weighted by Crippen LogP contribution is -2.37. The van der Waals surface area contributed by atoms with Crippen molar-refractivity contribution in [1.29, 1.82) is 0 Å². The van der Waals surface area contributed by atoms with Gasteiger partial charge in [-0.2, -0.15) is 4.31 Å². The maximum absolute atomic E-state index is 12.8. The van der Waals surface area contributed by atoms with E-state index in [0.717, 1.165) is 19.4 Å². The predicted octanol–water partition coefficient (Wildman–Crippen LogP) is 3.32. The van der Waals surface area contributed by atoms with Gasteiger partial charge in [-0.1, -0.05) is 26.0 Å². The second-order valence-electron chi connectivity index (χ2n) is 5.13. The van der Waals surface area contributed by atoms with E-state index in [-0.39, 0.29) is 6.04 Å². The molecule has 0 heterocycles. The topological polar surface area (TPSA) is 49.4 Å². The number of rotatable bonds is 8. The molecule has 20 heavy (non-hydrogen) atoms. The maximum Gasteiger partial charge on any atom is 0.245 e. The monoisotopic (exact) mass is 298 g/mol. The van der Waals surface area contributed by atoms with Gasteiger partial charge in [0, 0.05) is 19.1 Å². The highest BCUT2D eigenvalue weighted by Crippen LogP contribution is 2.26. The Morgan fingerprint density at radius 2 is 1.80 bits per heavy atom. The van der Waals surface area contributed by atoms with Gasteiger partial charge < -0.3 is 5.32 Å². The standard InChI is InChI=1S/C15H26N2O2S/c1-5-11-16-14-9-7-8-10-15(14)20(18,19)17(12-6-2)13(3)4/h7-10,13,16H,5-6,11-12H2,1-4H3. The number of nitrogens with one attached hydrogen (secondary N) is 1. The van der Waals surface area contributed by atoms with E-state index in [9.17, 15) is 8.42 Å². The summed E-state index contributed by atoms with van der Waals surface area (Å²) in [6, 6.07) is 7.09. The van der Waals surface area contributed by atoms with E-state index < -0.39 is 10.0 Å². The highest BCUT2D eigenvalue weighted by molar-refractivity contribution is 7.89. The predicted molar refractivity (Wildman–Crippen MR) is 84.5 cm³/mol. The Morgan fingerprint density at radius 3 is 2.35 bits per heavy atom. The molecule has 0 fully saturated rings. The maximum atomic E-state index is 12.8. The van der Waals surface area contributed by atoms with E-state index in [2.05, 4.69) is 12.2 Å². The summed E-state index contributed by atoms with van der Waals surface area (Å²) in [5.74, 6) is 0. The molecule has 0 aliphatic carbocycles. The van der Waals surface area contributed by atoms with Gasteiger partial charge in [0.15, 0.2) is 0 Å². The van der Waals surface area contributed by atoms with Crippen molar-refractivity contribution in [1.82, 2.24) is 4.31 Å². The van der Waals surface area contributed by atoms with Crippen molar-refractivity contribution in [3.8, 4) is 0 Å². The Morgan fingerprint density at radius 1 is 1.15 bits per heavy atom. The average Bonchev–Trinajstić information content (AvgIpc) is 2.42. The fraction of sp³-hybridized carbons (Fsp3) is 0.600. The minimum absolute atomic E-state index is 0.0424. The van der Waals surface area contributed by atoms with E-state index in [1.807, 2.05) is 32.9 Å². The molecule has 1 rings (SSSR count). The van der Waals surface area contributed by atoms with E-state index in [1.54, 1.807) is 16.4 Å². The van der Waals surface area contributed by atoms with Crippen molar-refractivity contribution in [3.05, 3.63) is 24.3 Å². The summed E-state index contributed by atoms with van der Waals surface area (Å²) < 4.78 is 27.2. The van der Waals surface area contributed by atoms with Crippen LogP contribution in [-0.4, -0.2) is 31.9 Å². The number of hydrogen-bond donors (Lipinski definition) is 1. The summed E-state index contributed by atoms with van der Waals surface area (Å²) in [7, 11) is -3.45. The first-order chi connectivity index (χ1) is 9.45. The Balaban J connectivity index is 3.19. The summed E-state index contributed by atoms with van der Waals surface area (Å²) in [6.45, 7) is 9.18. The number of benzene rings is 1. The molecule has 114 valence electrons. The largest absolute Gasteiger partial charge is 0.384 e. The highest BCUT2D eigenvalue weighted by atomic mass is 32.2. The van der Waals surface area contributed by atoms with Crippen LogP contribution in [0.1, 0.15) is 40.5 Å². The van der Waals surface area contributed by atoms with Crippen molar-refractivity contribution in [2.75, 3.05) is 18.4 Å². The number of nitrogens with zero attached hydrogens (tertiary/aromatic N) is 1. The van der Waals surface area contributed by atoms with E-state index in [4.69, 9.17) is 0 Å². The average molecular weight is 298 g/mol. The van der Waals surface area contributed by atoms with Gasteiger partial charge >= 0.3 is 0 Å². The SMILES string of the molecule is CCCNc1ccccc1S(=O)(=O)N(CCC)C(C)C. The van der Waals surface area contributed by atoms with Gasteiger partial charge in [0.05, 0.1) is 5.69 Å². The van der Waals surface area contributed by atoms with Crippen LogP contribution in [0, 0.1) is 0 Å². The molecule has 1 N–H and O–H groups in total. The Kier molecular flexibility index (Phi) is 6.49. The molecule has 0 amide bonds. The molecule has 1 aromatic carbocycles. The molecule has 0 aliphatic rings. The van der Waals surface area contributed by atoms with Gasteiger partial charge in [-0.15, -0.1) is 0 Å². The number of para-hydroxylation sites is 1. The van der Waals surface area contributed by atoms with Gasteiger partial charge in [-0.3, -0.25) is 0 Å². The summed E-state index contributed by atoms with van der Waals surface area (Å²) >= 11 is 0. The minimum Gasteiger partial charge on any atom is -0.384 e. The molecule has 0 radical (unpaired) electrons. The third kappa shape index (κ3) is 3.96. The van der Waals surface area contributed by atoms with Crippen molar-refractivity contribution in [2.24, 2.45) is 0 Å². The van der Waals surface area contributed by atoms with E-state index in [1.165, 1.54) is 0 Å². The first-order valence-electron chi connectivity index (χ1n) is 7.29. The molecular formula is C15H26N2O2S. The molecule has 0 atom stereocenters. The number of hydrogen-bond acceptors (Lipinski definition) is 3. The van der Waals surface area contributed by atoms with Crippen LogP contribution in [0.25, 0.3) is 0 Å². The molecule has 0 saturated carbocycles. The van der Waals surface area contributed by atoms with Crippen LogP contribution >= 0.6 is 0 Å². The lowest BCUT2D eigenvalue weighted by molar-refractivity contribution is 0.354. The smallest absolute Gasteiger partial charge is 0.245 e. The van der Waals surface area contributed by atoms with E-state index in [0.29, 0.717) is 17.1 Å². The van der Waals surface area contributed by atoms with Crippen LogP contribution in [0.3, 0.4) is 0 Å². The first-order valence-corrected chi connectivity index (χ1v) is 8.73. The summed E-state index contributed by atoms with van der Waals surface area (Å²) in [4.78, 5) is 0.371. The fourth-order valence-electron chi connectivity index (χ4n) is 2.10. The summed E-state index contributed by atoms with van der Waals surface area (Å²) in [6.07, 6.45) is 1.76. The van der Waals surface area contributed by atoms with Crippen LogP contribution in [0.4, 0.5) is 5.69 Å². The molecule has 4 nitrogen and oxygen atoms in total. The lowest BCUT2D eigenvalue weighted by atomic mass is 10.3. The number of sulfonamides is 1. The zero-order valence-corrected chi connectivity index (χ0v) is 13.7. The van der Waals surface area contributed by atoms with Gasteiger partial charge in [0.2, 0.25) is 10.0 Å². The van der Waals surface area contributed by atoms with Crippen molar-refractivity contribution in [3.63, 3.8) is 0 Å². The summed E-state index contributed by atoms with van der Waals surface area (Å²) in [5, 5.41) is 3.20. The van der Waals surface area contributed by atoms with Crippen molar-refractivity contribution < 1.29 is 8.42 Å². The molecule has 0 unspecified atom stereocenters. The molecule has 0 bridgehead atoms. The van der Waals surface area contributed by atoms with Gasteiger partial charge in [0.25, 0.3) is 0 Å². The summed E-state index contributed by atoms with van der Waals surface area (Å²) in [5.41, 5.74) is 0.691.